The van der Waals surface area contributed by atoms with Crippen LogP contribution >= 0.6 is 22.9 Å². The Morgan fingerprint density at radius 3 is 3.10 bits per heavy atom. The summed E-state index contributed by atoms with van der Waals surface area (Å²) in [5.41, 5.74) is 0. The van der Waals surface area contributed by atoms with Gasteiger partial charge in [-0.25, -0.2) is 4.39 Å². The van der Waals surface area contributed by atoms with Crippen molar-refractivity contribution >= 4 is 38.9 Å². The first-order valence-electron chi connectivity index (χ1n) is 6.54. The topological polar surface area (TPSA) is 41.1 Å². The molecule has 2 heterocycles. The van der Waals surface area contributed by atoms with Crippen LogP contribution in [0.25, 0.3) is 10.1 Å². The molecule has 3 rings (SSSR count). The summed E-state index contributed by atoms with van der Waals surface area (Å²) in [5, 5.41) is 7.14. The Labute approximate surface area is 125 Å². The normalized spacial score (nSPS) is 19.2. The molecule has 1 atom stereocenters. The number of rotatable bonds is 2. The number of piperidine rings is 1. The lowest BCUT2D eigenvalue weighted by molar-refractivity contribution is 0.0935. The number of halogens is 2. The highest BCUT2D eigenvalue weighted by Crippen LogP contribution is 2.33. The molecule has 1 unspecified atom stereocenters. The van der Waals surface area contributed by atoms with E-state index in [1.54, 1.807) is 12.1 Å². The average molecular weight is 313 g/mol. The average Bonchev–Trinajstić information content (AvgIpc) is 2.89. The van der Waals surface area contributed by atoms with Crippen LogP contribution in [-0.4, -0.2) is 25.0 Å². The van der Waals surface area contributed by atoms with Crippen molar-refractivity contribution in [1.29, 1.82) is 0 Å². The van der Waals surface area contributed by atoms with E-state index in [9.17, 15) is 9.18 Å². The zero-order valence-corrected chi connectivity index (χ0v) is 12.3. The SMILES string of the molecule is O=C(NC1CCCNC1)c1cc2ccc(F)c(Cl)c2s1. The molecule has 1 saturated heterocycles. The van der Waals surface area contributed by atoms with Crippen molar-refractivity contribution in [2.45, 2.75) is 18.9 Å². The number of benzene rings is 1. The molecule has 106 valence electrons. The highest BCUT2D eigenvalue weighted by molar-refractivity contribution is 7.21. The van der Waals surface area contributed by atoms with Crippen LogP contribution in [0.2, 0.25) is 5.02 Å². The third kappa shape index (κ3) is 2.66. The van der Waals surface area contributed by atoms with E-state index >= 15 is 0 Å². The van der Waals surface area contributed by atoms with Crippen molar-refractivity contribution in [3.8, 4) is 0 Å². The van der Waals surface area contributed by atoms with Gasteiger partial charge in [0.1, 0.15) is 5.82 Å². The van der Waals surface area contributed by atoms with Gasteiger partial charge in [0.25, 0.3) is 5.91 Å². The zero-order chi connectivity index (χ0) is 14.1. The van der Waals surface area contributed by atoms with Crippen LogP contribution in [0.1, 0.15) is 22.5 Å². The van der Waals surface area contributed by atoms with E-state index in [1.165, 1.54) is 17.4 Å². The number of amides is 1. The van der Waals surface area contributed by atoms with Gasteiger partial charge >= 0.3 is 0 Å². The van der Waals surface area contributed by atoms with Crippen LogP contribution in [0, 0.1) is 5.82 Å². The Bertz CT molecular complexity index is 652. The molecule has 3 nitrogen and oxygen atoms in total. The maximum Gasteiger partial charge on any atom is 0.261 e. The van der Waals surface area contributed by atoms with Gasteiger partial charge in [-0.1, -0.05) is 17.7 Å². The minimum absolute atomic E-state index is 0.0888. The Kier molecular flexibility index (Phi) is 3.92. The summed E-state index contributed by atoms with van der Waals surface area (Å²) >= 11 is 7.16. The summed E-state index contributed by atoms with van der Waals surface area (Å²) in [6.07, 6.45) is 2.05. The Balaban J connectivity index is 1.82. The highest BCUT2D eigenvalue weighted by Gasteiger charge is 2.19. The minimum atomic E-state index is -0.454. The van der Waals surface area contributed by atoms with Crippen molar-refractivity contribution < 1.29 is 9.18 Å². The zero-order valence-electron chi connectivity index (χ0n) is 10.7. The van der Waals surface area contributed by atoms with Gasteiger partial charge in [-0.2, -0.15) is 0 Å². The van der Waals surface area contributed by atoms with E-state index in [2.05, 4.69) is 10.6 Å². The van der Waals surface area contributed by atoms with E-state index in [1.807, 2.05) is 0 Å². The molecule has 2 N–H and O–H groups in total. The molecule has 0 spiro atoms. The van der Waals surface area contributed by atoms with Gasteiger partial charge in [0, 0.05) is 12.6 Å². The largest absolute Gasteiger partial charge is 0.347 e. The van der Waals surface area contributed by atoms with Crippen LogP contribution in [0.3, 0.4) is 0 Å². The highest BCUT2D eigenvalue weighted by atomic mass is 35.5. The number of nitrogens with one attached hydrogen (secondary N) is 2. The third-order valence-electron chi connectivity index (χ3n) is 3.43. The lowest BCUT2D eigenvalue weighted by Gasteiger charge is -2.23. The van der Waals surface area contributed by atoms with Gasteiger partial charge in [0.15, 0.2) is 0 Å². The fourth-order valence-electron chi connectivity index (χ4n) is 2.39. The molecule has 1 aliphatic rings. The maximum atomic E-state index is 13.4. The minimum Gasteiger partial charge on any atom is -0.347 e. The van der Waals surface area contributed by atoms with Gasteiger partial charge in [-0.15, -0.1) is 11.3 Å². The van der Waals surface area contributed by atoms with Crippen LogP contribution in [-0.2, 0) is 0 Å². The van der Waals surface area contributed by atoms with E-state index in [4.69, 9.17) is 11.6 Å². The van der Waals surface area contributed by atoms with Gasteiger partial charge < -0.3 is 10.6 Å². The van der Waals surface area contributed by atoms with Crippen molar-refractivity contribution in [2.75, 3.05) is 13.1 Å². The predicted octanol–water partition coefficient (Wildman–Crippen LogP) is 3.18. The number of carbonyl (C=O) groups excluding carboxylic acids is 1. The van der Waals surface area contributed by atoms with Gasteiger partial charge in [-0.3, -0.25) is 4.79 Å². The second kappa shape index (κ2) is 5.68. The Hall–Kier alpha value is -1.17. The molecule has 20 heavy (non-hydrogen) atoms. The second-order valence-electron chi connectivity index (χ2n) is 4.91. The fourth-order valence-corrected chi connectivity index (χ4v) is 3.67. The number of hydrogen-bond donors (Lipinski definition) is 2. The summed E-state index contributed by atoms with van der Waals surface area (Å²) < 4.78 is 14.0. The van der Waals surface area contributed by atoms with E-state index < -0.39 is 5.82 Å². The summed E-state index contributed by atoms with van der Waals surface area (Å²) in [5.74, 6) is -0.569. The number of carbonyl (C=O) groups is 1. The molecule has 1 fully saturated rings. The molecular formula is C14H14ClFN2OS. The van der Waals surface area contributed by atoms with E-state index in [-0.39, 0.29) is 17.0 Å². The molecule has 2 aromatic rings. The van der Waals surface area contributed by atoms with E-state index in [0.29, 0.717) is 9.58 Å². The molecule has 0 saturated carbocycles. The Morgan fingerprint density at radius 2 is 2.35 bits per heavy atom. The lowest BCUT2D eigenvalue weighted by Crippen LogP contribution is -2.45. The van der Waals surface area contributed by atoms with Gasteiger partial charge in [-0.05, 0) is 36.9 Å². The van der Waals surface area contributed by atoms with Crippen molar-refractivity contribution in [3.05, 3.63) is 33.9 Å². The summed E-state index contributed by atoms with van der Waals surface area (Å²) in [4.78, 5) is 12.8. The standard InChI is InChI=1S/C14H14ClFN2OS/c15-12-10(16)4-3-8-6-11(20-13(8)12)14(19)18-9-2-1-5-17-7-9/h3-4,6,9,17H,1-2,5,7H2,(H,18,19). The van der Waals surface area contributed by atoms with Crippen molar-refractivity contribution in [1.82, 2.24) is 10.6 Å². The van der Waals surface area contributed by atoms with E-state index in [0.717, 1.165) is 31.3 Å². The number of fused-ring (bicyclic) bond motifs is 1. The van der Waals surface area contributed by atoms with Crippen LogP contribution in [0.5, 0.6) is 0 Å². The van der Waals surface area contributed by atoms with Gasteiger partial charge in [0.05, 0.1) is 14.6 Å². The molecule has 1 amide bonds. The first kappa shape index (κ1) is 13.8. The number of hydrogen-bond acceptors (Lipinski definition) is 3. The summed E-state index contributed by atoms with van der Waals surface area (Å²) in [6.45, 7) is 1.80. The molecule has 1 aromatic carbocycles. The first-order valence-corrected chi connectivity index (χ1v) is 7.74. The molecule has 1 aliphatic heterocycles. The fraction of sp³-hybridized carbons (Fsp3) is 0.357. The lowest BCUT2D eigenvalue weighted by atomic mass is 10.1. The molecular weight excluding hydrogens is 299 g/mol. The third-order valence-corrected chi connectivity index (χ3v) is 5.08. The summed E-state index contributed by atoms with van der Waals surface area (Å²) in [7, 11) is 0. The number of thiophene rings is 1. The van der Waals surface area contributed by atoms with Gasteiger partial charge in [0.2, 0.25) is 0 Å². The molecule has 0 bridgehead atoms. The summed E-state index contributed by atoms with van der Waals surface area (Å²) in [6, 6.07) is 4.89. The Morgan fingerprint density at radius 1 is 1.50 bits per heavy atom. The van der Waals surface area contributed by atoms with Crippen molar-refractivity contribution in [3.63, 3.8) is 0 Å². The quantitative estimate of drug-likeness (QED) is 0.894. The second-order valence-corrected chi connectivity index (χ2v) is 6.34. The van der Waals surface area contributed by atoms with Crippen molar-refractivity contribution in [2.24, 2.45) is 0 Å². The smallest absolute Gasteiger partial charge is 0.261 e. The monoisotopic (exact) mass is 312 g/mol. The molecule has 1 aromatic heterocycles. The molecule has 0 aliphatic carbocycles. The molecule has 6 heteroatoms. The maximum absolute atomic E-state index is 13.4. The first-order chi connectivity index (χ1) is 9.65. The van der Waals surface area contributed by atoms with Crippen LogP contribution < -0.4 is 10.6 Å². The predicted molar refractivity (Wildman–Crippen MR) is 80.2 cm³/mol. The van der Waals surface area contributed by atoms with Crippen LogP contribution in [0.4, 0.5) is 4.39 Å². The van der Waals surface area contributed by atoms with Crippen LogP contribution in [0.15, 0.2) is 18.2 Å². The molecule has 0 radical (unpaired) electrons.